The van der Waals surface area contributed by atoms with E-state index in [1.54, 1.807) is 7.11 Å². The standard InChI is InChI=1S/C22H35N3O2/c1-4-17(5-2)16-25-13-11-22(12-14-25,21(26)23-18-9-10-18)24-19-7-6-8-20(15-19)27-3/h6-8,15,17-18,24H,4-5,9-14,16H2,1-3H3,(H,23,26). The minimum atomic E-state index is -0.528. The third-order valence-corrected chi connectivity index (χ3v) is 6.18. The van der Waals surface area contributed by atoms with Crippen LogP contribution in [0, 0.1) is 5.92 Å². The molecule has 0 radical (unpaired) electrons. The monoisotopic (exact) mass is 373 g/mol. The third kappa shape index (κ3) is 5.16. The Labute approximate surface area is 163 Å². The van der Waals surface area contributed by atoms with Crippen molar-refractivity contribution in [3.63, 3.8) is 0 Å². The molecule has 1 heterocycles. The number of carbonyl (C=O) groups excluding carboxylic acids is 1. The van der Waals surface area contributed by atoms with Gasteiger partial charge in [-0.05, 0) is 43.7 Å². The van der Waals surface area contributed by atoms with Crippen molar-refractivity contribution < 1.29 is 9.53 Å². The molecule has 5 heteroatoms. The van der Waals surface area contributed by atoms with Crippen molar-refractivity contribution >= 4 is 11.6 Å². The highest BCUT2D eigenvalue weighted by molar-refractivity contribution is 5.90. The molecule has 1 saturated heterocycles. The molecule has 1 saturated carbocycles. The number of methoxy groups -OCH3 is 1. The Morgan fingerprint density at radius 3 is 2.56 bits per heavy atom. The smallest absolute Gasteiger partial charge is 0.245 e. The molecule has 1 amide bonds. The van der Waals surface area contributed by atoms with Crippen LogP contribution in [0.15, 0.2) is 24.3 Å². The van der Waals surface area contributed by atoms with Crippen LogP contribution in [0.1, 0.15) is 52.4 Å². The molecule has 27 heavy (non-hydrogen) atoms. The van der Waals surface area contributed by atoms with Gasteiger partial charge in [-0.3, -0.25) is 4.79 Å². The lowest BCUT2D eigenvalue weighted by atomic mass is 9.85. The molecule has 5 nitrogen and oxygen atoms in total. The third-order valence-electron chi connectivity index (χ3n) is 6.18. The van der Waals surface area contributed by atoms with Gasteiger partial charge in [0.25, 0.3) is 0 Å². The minimum Gasteiger partial charge on any atom is -0.497 e. The Balaban J connectivity index is 1.70. The van der Waals surface area contributed by atoms with Gasteiger partial charge in [0, 0.05) is 37.4 Å². The van der Waals surface area contributed by atoms with Gasteiger partial charge in [0.1, 0.15) is 11.3 Å². The van der Waals surface area contributed by atoms with E-state index in [0.29, 0.717) is 6.04 Å². The molecular weight excluding hydrogens is 338 g/mol. The van der Waals surface area contributed by atoms with Crippen LogP contribution in [0.2, 0.25) is 0 Å². The first-order chi connectivity index (χ1) is 13.1. The van der Waals surface area contributed by atoms with Gasteiger partial charge in [0.05, 0.1) is 7.11 Å². The van der Waals surface area contributed by atoms with E-state index in [4.69, 9.17) is 4.74 Å². The fraction of sp³-hybridized carbons (Fsp3) is 0.682. The molecule has 2 fully saturated rings. The molecule has 0 atom stereocenters. The first-order valence-electron chi connectivity index (χ1n) is 10.5. The van der Waals surface area contributed by atoms with Gasteiger partial charge in [-0.1, -0.05) is 32.8 Å². The molecule has 0 aromatic heterocycles. The van der Waals surface area contributed by atoms with E-state index >= 15 is 0 Å². The molecule has 2 aliphatic rings. The summed E-state index contributed by atoms with van der Waals surface area (Å²) in [5, 5.41) is 6.83. The second kappa shape index (κ2) is 8.96. The number of nitrogens with zero attached hydrogens (tertiary/aromatic N) is 1. The van der Waals surface area contributed by atoms with Gasteiger partial charge in [-0.15, -0.1) is 0 Å². The number of ether oxygens (including phenoxy) is 1. The Hall–Kier alpha value is -1.75. The van der Waals surface area contributed by atoms with Crippen molar-refractivity contribution in [1.29, 1.82) is 0 Å². The van der Waals surface area contributed by atoms with Crippen molar-refractivity contribution in [2.24, 2.45) is 5.92 Å². The number of hydrogen-bond donors (Lipinski definition) is 2. The SMILES string of the molecule is CCC(CC)CN1CCC(Nc2cccc(OC)c2)(C(=O)NC2CC2)CC1. The summed E-state index contributed by atoms with van der Waals surface area (Å²) in [6, 6.07) is 8.27. The summed E-state index contributed by atoms with van der Waals surface area (Å²) in [4.78, 5) is 15.7. The van der Waals surface area contributed by atoms with Gasteiger partial charge < -0.3 is 20.3 Å². The van der Waals surface area contributed by atoms with E-state index in [2.05, 4.69) is 29.4 Å². The average molecular weight is 374 g/mol. The van der Waals surface area contributed by atoms with Crippen LogP contribution in [0.4, 0.5) is 5.69 Å². The Morgan fingerprint density at radius 2 is 1.96 bits per heavy atom. The molecule has 3 rings (SSSR count). The van der Waals surface area contributed by atoms with Crippen molar-refractivity contribution in [1.82, 2.24) is 10.2 Å². The predicted octanol–water partition coefficient (Wildman–Crippen LogP) is 3.66. The Bertz CT molecular complexity index is 618. The lowest BCUT2D eigenvalue weighted by Crippen LogP contribution is -2.59. The number of hydrogen-bond acceptors (Lipinski definition) is 4. The molecule has 1 aromatic carbocycles. The average Bonchev–Trinajstić information content (AvgIpc) is 3.51. The molecule has 1 aliphatic carbocycles. The largest absolute Gasteiger partial charge is 0.497 e. The Kier molecular flexibility index (Phi) is 6.64. The number of anilines is 1. The fourth-order valence-electron chi connectivity index (χ4n) is 3.97. The molecule has 2 N–H and O–H groups in total. The van der Waals surface area contributed by atoms with Crippen molar-refractivity contribution in [3.8, 4) is 5.75 Å². The maximum atomic E-state index is 13.1. The van der Waals surface area contributed by atoms with Gasteiger partial charge in [0.2, 0.25) is 5.91 Å². The maximum absolute atomic E-state index is 13.1. The summed E-state index contributed by atoms with van der Waals surface area (Å²) in [6.45, 7) is 7.62. The van der Waals surface area contributed by atoms with Crippen LogP contribution < -0.4 is 15.4 Å². The topological polar surface area (TPSA) is 53.6 Å². The molecule has 0 bridgehead atoms. The number of piperidine rings is 1. The summed E-state index contributed by atoms with van der Waals surface area (Å²) >= 11 is 0. The van der Waals surface area contributed by atoms with Crippen molar-refractivity contribution in [2.45, 2.75) is 64.0 Å². The first kappa shape index (κ1) is 20.0. The molecule has 150 valence electrons. The van der Waals surface area contributed by atoms with E-state index in [0.717, 1.165) is 62.7 Å². The molecular formula is C22H35N3O2. The Morgan fingerprint density at radius 1 is 1.26 bits per heavy atom. The second-order valence-electron chi connectivity index (χ2n) is 8.17. The predicted molar refractivity (Wildman–Crippen MR) is 110 cm³/mol. The first-order valence-corrected chi connectivity index (χ1v) is 10.5. The lowest BCUT2D eigenvalue weighted by molar-refractivity contribution is -0.127. The molecule has 1 aromatic rings. The maximum Gasteiger partial charge on any atom is 0.245 e. The fourth-order valence-corrected chi connectivity index (χ4v) is 3.97. The van der Waals surface area contributed by atoms with E-state index < -0.39 is 5.54 Å². The van der Waals surface area contributed by atoms with Crippen LogP contribution in [0.25, 0.3) is 0 Å². The van der Waals surface area contributed by atoms with E-state index in [1.807, 2.05) is 24.3 Å². The summed E-state index contributed by atoms with van der Waals surface area (Å²) in [5.74, 6) is 1.73. The summed E-state index contributed by atoms with van der Waals surface area (Å²) in [7, 11) is 1.67. The van der Waals surface area contributed by atoms with Gasteiger partial charge in [-0.2, -0.15) is 0 Å². The van der Waals surface area contributed by atoms with Gasteiger partial charge in [-0.25, -0.2) is 0 Å². The van der Waals surface area contributed by atoms with Gasteiger partial charge in [0.15, 0.2) is 0 Å². The molecule has 0 unspecified atom stereocenters. The van der Waals surface area contributed by atoms with Crippen LogP contribution in [0.3, 0.4) is 0 Å². The highest BCUT2D eigenvalue weighted by Gasteiger charge is 2.43. The van der Waals surface area contributed by atoms with Gasteiger partial charge >= 0.3 is 0 Å². The van der Waals surface area contributed by atoms with Crippen LogP contribution >= 0.6 is 0 Å². The lowest BCUT2D eigenvalue weighted by Gasteiger charge is -2.42. The quantitative estimate of drug-likeness (QED) is 0.694. The van der Waals surface area contributed by atoms with Crippen molar-refractivity contribution in [2.75, 3.05) is 32.1 Å². The number of rotatable bonds is 9. The molecule has 0 spiro atoms. The zero-order chi connectivity index (χ0) is 19.3. The van der Waals surface area contributed by atoms with E-state index in [-0.39, 0.29) is 5.91 Å². The number of carbonyl (C=O) groups is 1. The van der Waals surface area contributed by atoms with Crippen LogP contribution in [-0.2, 0) is 4.79 Å². The number of benzene rings is 1. The highest BCUT2D eigenvalue weighted by Crippen LogP contribution is 2.31. The summed E-state index contributed by atoms with van der Waals surface area (Å²) in [6.07, 6.45) is 6.35. The zero-order valence-electron chi connectivity index (χ0n) is 17.1. The summed E-state index contributed by atoms with van der Waals surface area (Å²) in [5.41, 5.74) is 0.424. The second-order valence-corrected chi connectivity index (χ2v) is 8.17. The van der Waals surface area contributed by atoms with Crippen LogP contribution in [0.5, 0.6) is 5.75 Å². The number of likely N-dealkylation sites (tertiary alicyclic amines) is 1. The minimum absolute atomic E-state index is 0.162. The normalized spacial score (nSPS) is 19.7. The van der Waals surface area contributed by atoms with E-state index in [9.17, 15) is 4.79 Å². The molecule has 1 aliphatic heterocycles. The zero-order valence-corrected chi connectivity index (χ0v) is 17.1. The highest BCUT2D eigenvalue weighted by atomic mass is 16.5. The van der Waals surface area contributed by atoms with Crippen molar-refractivity contribution in [3.05, 3.63) is 24.3 Å². The summed E-state index contributed by atoms with van der Waals surface area (Å²) < 4.78 is 5.35. The van der Waals surface area contributed by atoms with E-state index in [1.165, 1.54) is 12.8 Å². The van der Waals surface area contributed by atoms with Crippen LogP contribution in [-0.4, -0.2) is 49.1 Å². The number of amides is 1. The number of nitrogens with one attached hydrogen (secondary N) is 2.